The molecule has 0 saturated carbocycles. The number of rotatable bonds is 7. The smallest absolute Gasteiger partial charge is 0.244 e. The standard InChI is InChI=1S/C23H30Cl2N4O5S2/c1-3-26-9-13-28(14-10-26)35(30,31)18-7-8-21(34-2)20(17-18)27-11-15-29(16-12-27)36(32,33)22-6-4-5-19(24)23(22)25/h4-8,17H,3,9-16H2,1-2H3. The maximum Gasteiger partial charge on any atom is 0.244 e. The number of benzene rings is 2. The number of sulfonamides is 2. The van der Waals surface area contributed by atoms with E-state index in [1.165, 1.54) is 27.9 Å². The van der Waals surface area contributed by atoms with Crippen molar-refractivity contribution in [2.75, 3.05) is 70.9 Å². The topological polar surface area (TPSA) is 90.5 Å². The van der Waals surface area contributed by atoms with Gasteiger partial charge in [0.25, 0.3) is 0 Å². The number of piperazine rings is 2. The lowest BCUT2D eigenvalue weighted by Gasteiger charge is -2.36. The summed E-state index contributed by atoms with van der Waals surface area (Å²) >= 11 is 12.2. The van der Waals surface area contributed by atoms with Crippen LogP contribution in [0.5, 0.6) is 5.75 Å². The zero-order valence-electron chi connectivity index (χ0n) is 20.2. The lowest BCUT2D eigenvalue weighted by Crippen LogP contribution is -2.49. The first kappa shape index (κ1) is 27.4. The van der Waals surface area contributed by atoms with Gasteiger partial charge in [-0.05, 0) is 36.9 Å². The highest BCUT2D eigenvalue weighted by molar-refractivity contribution is 7.89. The fraction of sp³-hybridized carbons (Fsp3) is 0.478. The summed E-state index contributed by atoms with van der Waals surface area (Å²) in [5, 5.41) is 0.177. The average Bonchev–Trinajstić information content (AvgIpc) is 2.89. The summed E-state index contributed by atoms with van der Waals surface area (Å²) in [6, 6.07) is 9.37. The normalized spacial score (nSPS) is 18.9. The number of ether oxygens (including phenoxy) is 1. The molecule has 0 atom stereocenters. The molecule has 0 bridgehead atoms. The molecule has 0 unspecified atom stereocenters. The highest BCUT2D eigenvalue weighted by Crippen LogP contribution is 2.35. The van der Waals surface area contributed by atoms with E-state index in [2.05, 4.69) is 11.8 Å². The second-order valence-corrected chi connectivity index (χ2v) is 13.2. The summed E-state index contributed by atoms with van der Waals surface area (Å²) in [6.07, 6.45) is 0. The number of methoxy groups -OCH3 is 1. The summed E-state index contributed by atoms with van der Waals surface area (Å²) in [6.45, 7) is 6.35. The second kappa shape index (κ2) is 11.0. The van der Waals surface area contributed by atoms with Gasteiger partial charge in [0.05, 0.1) is 27.7 Å². The molecule has 2 heterocycles. The van der Waals surface area contributed by atoms with Crippen molar-refractivity contribution >= 4 is 48.9 Å². The Kier molecular flexibility index (Phi) is 8.40. The zero-order chi connectivity index (χ0) is 26.1. The van der Waals surface area contributed by atoms with Crippen LogP contribution in [-0.2, 0) is 20.0 Å². The van der Waals surface area contributed by atoms with Crippen LogP contribution < -0.4 is 9.64 Å². The van der Waals surface area contributed by atoms with Crippen molar-refractivity contribution in [1.82, 2.24) is 13.5 Å². The molecule has 2 saturated heterocycles. The fourth-order valence-corrected chi connectivity index (χ4v) is 8.11. The molecule has 0 radical (unpaired) electrons. The van der Waals surface area contributed by atoms with Gasteiger partial charge in [0.1, 0.15) is 10.6 Å². The van der Waals surface area contributed by atoms with Gasteiger partial charge in [0.15, 0.2) is 0 Å². The summed E-state index contributed by atoms with van der Waals surface area (Å²) in [4.78, 5) is 4.33. The lowest BCUT2D eigenvalue weighted by atomic mass is 10.2. The number of anilines is 1. The minimum atomic E-state index is -3.84. The molecule has 13 heteroatoms. The third-order valence-corrected chi connectivity index (χ3v) is 11.4. The predicted molar refractivity (Wildman–Crippen MR) is 141 cm³/mol. The Morgan fingerprint density at radius 2 is 1.44 bits per heavy atom. The predicted octanol–water partition coefficient (Wildman–Crippen LogP) is 2.84. The van der Waals surface area contributed by atoms with Crippen LogP contribution in [0.2, 0.25) is 10.0 Å². The van der Waals surface area contributed by atoms with Crippen molar-refractivity contribution in [3.8, 4) is 5.75 Å². The molecule has 2 aliphatic heterocycles. The number of likely N-dealkylation sites (N-methyl/N-ethyl adjacent to an activating group) is 1. The van der Waals surface area contributed by atoms with Gasteiger partial charge < -0.3 is 14.5 Å². The molecule has 2 fully saturated rings. The second-order valence-electron chi connectivity index (χ2n) is 8.62. The van der Waals surface area contributed by atoms with Gasteiger partial charge in [-0.25, -0.2) is 16.8 Å². The molecule has 198 valence electrons. The SMILES string of the molecule is CCN1CCN(S(=O)(=O)c2ccc(OC)c(N3CCN(S(=O)(=O)c4cccc(Cl)c4Cl)CC3)c2)CC1. The molecule has 2 aromatic carbocycles. The minimum Gasteiger partial charge on any atom is -0.495 e. The molecule has 4 rings (SSSR count). The van der Waals surface area contributed by atoms with E-state index in [9.17, 15) is 16.8 Å². The van der Waals surface area contributed by atoms with Crippen molar-refractivity contribution in [3.63, 3.8) is 0 Å². The first-order valence-electron chi connectivity index (χ1n) is 11.7. The molecule has 0 N–H and O–H groups in total. The first-order valence-corrected chi connectivity index (χ1v) is 15.3. The third-order valence-electron chi connectivity index (χ3n) is 6.68. The Labute approximate surface area is 223 Å². The number of nitrogens with zero attached hydrogens (tertiary/aromatic N) is 4. The molecule has 2 aromatic rings. The Morgan fingerprint density at radius 3 is 2.06 bits per heavy atom. The summed E-state index contributed by atoms with van der Waals surface area (Å²) in [7, 11) is -5.98. The van der Waals surface area contributed by atoms with Crippen LogP contribution >= 0.6 is 23.2 Å². The third kappa shape index (κ3) is 5.33. The Morgan fingerprint density at radius 1 is 0.833 bits per heavy atom. The van der Waals surface area contributed by atoms with Crippen LogP contribution in [0.25, 0.3) is 0 Å². The molecular weight excluding hydrogens is 547 g/mol. The zero-order valence-corrected chi connectivity index (χ0v) is 23.4. The van der Waals surface area contributed by atoms with Crippen molar-refractivity contribution in [2.45, 2.75) is 16.7 Å². The van der Waals surface area contributed by atoms with Crippen molar-refractivity contribution in [1.29, 1.82) is 0 Å². The van der Waals surface area contributed by atoms with Crippen molar-refractivity contribution < 1.29 is 21.6 Å². The van der Waals surface area contributed by atoms with Crippen LogP contribution in [0.15, 0.2) is 46.2 Å². The van der Waals surface area contributed by atoms with Crippen LogP contribution in [0.1, 0.15) is 6.92 Å². The molecule has 0 aromatic heterocycles. The number of hydrogen-bond acceptors (Lipinski definition) is 7. The van der Waals surface area contributed by atoms with Gasteiger partial charge >= 0.3 is 0 Å². The molecule has 9 nitrogen and oxygen atoms in total. The Balaban J connectivity index is 1.53. The van der Waals surface area contributed by atoms with Crippen molar-refractivity contribution in [2.24, 2.45) is 0 Å². The first-order chi connectivity index (χ1) is 17.1. The molecule has 0 amide bonds. The molecule has 0 aliphatic carbocycles. The van der Waals surface area contributed by atoms with Gasteiger partial charge in [-0.3, -0.25) is 0 Å². The largest absolute Gasteiger partial charge is 0.495 e. The Hall–Kier alpha value is -1.60. The van der Waals surface area contributed by atoms with Crippen LogP contribution in [0.4, 0.5) is 5.69 Å². The summed E-state index contributed by atoms with van der Waals surface area (Å²) < 4.78 is 61.5. The highest BCUT2D eigenvalue weighted by atomic mass is 35.5. The van der Waals surface area contributed by atoms with Crippen LogP contribution in [0.3, 0.4) is 0 Å². The molecular formula is C23H30Cl2N4O5S2. The number of hydrogen-bond donors (Lipinski definition) is 0. The van der Waals surface area contributed by atoms with E-state index in [-0.39, 0.29) is 32.9 Å². The fourth-order valence-electron chi connectivity index (χ4n) is 4.50. The Bertz CT molecular complexity index is 1310. The summed E-state index contributed by atoms with van der Waals surface area (Å²) in [5.74, 6) is 0.527. The molecule has 0 spiro atoms. The highest BCUT2D eigenvalue weighted by Gasteiger charge is 2.33. The average molecular weight is 578 g/mol. The van der Waals surface area contributed by atoms with Gasteiger partial charge in [0.2, 0.25) is 20.0 Å². The van der Waals surface area contributed by atoms with E-state index in [1.54, 1.807) is 24.3 Å². The monoisotopic (exact) mass is 576 g/mol. The summed E-state index contributed by atoms with van der Waals surface area (Å²) in [5.41, 5.74) is 0.614. The van der Waals surface area contributed by atoms with Crippen LogP contribution in [0, 0.1) is 0 Å². The van der Waals surface area contributed by atoms with E-state index in [4.69, 9.17) is 27.9 Å². The van der Waals surface area contributed by atoms with E-state index in [0.717, 1.165) is 6.54 Å². The molecule has 2 aliphatic rings. The van der Waals surface area contributed by atoms with Crippen molar-refractivity contribution in [3.05, 3.63) is 46.4 Å². The van der Waals surface area contributed by atoms with Gasteiger partial charge in [-0.2, -0.15) is 8.61 Å². The van der Waals surface area contributed by atoms with E-state index < -0.39 is 20.0 Å². The maximum atomic E-state index is 13.4. The minimum absolute atomic E-state index is 0.000874. The quantitative estimate of drug-likeness (QED) is 0.500. The number of halogens is 2. The van der Waals surface area contributed by atoms with Gasteiger partial charge in [0, 0.05) is 52.4 Å². The van der Waals surface area contributed by atoms with Gasteiger partial charge in [-0.15, -0.1) is 0 Å². The van der Waals surface area contributed by atoms with Crippen LogP contribution in [-0.4, -0.2) is 96.4 Å². The van der Waals surface area contributed by atoms with E-state index >= 15 is 0 Å². The lowest BCUT2D eigenvalue weighted by molar-refractivity contribution is 0.196. The van der Waals surface area contributed by atoms with E-state index in [0.29, 0.717) is 50.7 Å². The maximum absolute atomic E-state index is 13.4. The molecule has 36 heavy (non-hydrogen) atoms. The van der Waals surface area contributed by atoms with Gasteiger partial charge in [-0.1, -0.05) is 36.2 Å². The van der Waals surface area contributed by atoms with E-state index in [1.807, 2.05) is 4.90 Å².